The largest absolute Gasteiger partial charge is 0.471 e. The Morgan fingerprint density at radius 1 is 1.50 bits per heavy atom. The van der Waals surface area contributed by atoms with Gasteiger partial charge in [0.25, 0.3) is 0 Å². The van der Waals surface area contributed by atoms with E-state index in [2.05, 4.69) is 0 Å². The lowest BCUT2D eigenvalue weighted by atomic mass is 10.1. The van der Waals surface area contributed by atoms with Crippen molar-refractivity contribution in [3.05, 3.63) is 0 Å². The van der Waals surface area contributed by atoms with Crippen LogP contribution in [-0.2, 0) is 4.79 Å². The number of alkyl halides is 3. The van der Waals surface area contributed by atoms with Crippen molar-refractivity contribution in [3.8, 4) is 0 Å². The summed E-state index contributed by atoms with van der Waals surface area (Å²) >= 11 is 0. The van der Waals surface area contributed by atoms with Crippen LogP contribution in [0.25, 0.3) is 0 Å². The molecule has 0 spiro atoms. The molecule has 3 N–H and O–H groups in total. The third-order valence-electron chi connectivity index (χ3n) is 1.44. The Hall–Kier alpha value is -0.820. The SMILES string of the molecule is CC(O)CC(CO)NC(=O)C(F)(F)F. The van der Waals surface area contributed by atoms with Crippen molar-refractivity contribution < 1.29 is 28.2 Å². The fourth-order valence-corrected chi connectivity index (χ4v) is 0.858. The Balaban J connectivity index is 4.12. The van der Waals surface area contributed by atoms with Gasteiger partial charge in [-0.15, -0.1) is 0 Å². The average molecular weight is 215 g/mol. The number of aliphatic hydroxyl groups excluding tert-OH is 2. The number of carbonyl (C=O) groups is 1. The Labute approximate surface area is 78.7 Å². The Bertz CT molecular complexity index is 193. The van der Waals surface area contributed by atoms with Crippen LogP contribution in [0.2, 0.25) is 0 Å². The molecule has 2 atom stereocenters. The quantitative estimate of drug-likeness (QED) is 0.608. The summed E-state index contributed by atoms with van der Waals surface area (Å²) in [6.07, 6.45) is -5.98. The summed E-state index contributed by atoms with van der Waals surface area (Å²) in [5.74, 6) is -2.11. The van der Waals surface area contributed by atoms with Crippen LogP contribution >= 0.6 is 0 Å². The molecule has 0 aliphatic carbocycles. The van der Waals surface area contributed by atoms with Crippen LogP contribution in [0.4, 0.5) is 13.2 Å². The molecule has 14 heavy (non-hydrogen) atoms. The lowest BCUT2D eigenvalue weighted by Crippen LogP contribution is -2.45. The van der Waals surface area contributed by atoms with Gasteiger partial charge in [-0.3, -0.25) is 4.79 Å². The molecular formula is C7H12F3NO3. The van der Waals surface area contributed by atoms with Crippen LogP contribution in [0.3, 0.4) is 0 Å². The fraction of sp³-hybridized carbons (Fsp3) is 0.857. The zero-order chi connectivity index (χ0) is 11.4. The highest BCUT2D eigenvalue weighted by atomic mass is 19.4. The molecule has 0 fully saturated rings. The molecule has 2 unspecified atom stereocenters. The molecule has 4 nitrogen and oxygen atoms in total. The molecule has 0 aromatic heterocycles. The first-order chi connectivity index (χ1) is 6.27. The number of hydrogen-bond donors (Lipinski definition) is 3. The summed E-state index contributed by atoms with van der Waals surface area (Å²) in [6.45, 7) is 0.703. The van der Waals surface area contributed by atoms with Crippen molar-refractivity contribution >= 4 is 5.91 Å². The number of aliphatic hydroxyl groups is 2. The maximum atomic E-state index is 11.7. The molecule has 0 bridgehead atoms. The maximum Gasteiger partial charge on any atom is 0.471 e. The van der Waals surface area contributed by atoms with E-state index in [4.69, 9.17) is 10.2 Å². The minimum atomic E-state index is -4.97. The molecular weight excluding hydrogens is 203 g/mol. The van der Waals surface area contributed by atoms with Crippen molar-refractivity contribution in [2.75, 3.05) is 6.61 Å². The third-order valence-corrected chi connectivity index (χ3v) is 1.44. The number of carbonyl (C=O) groups excluding carboxylic acids is 1. The molecule has 0 saturated heterocycles. The Morgan fingerprint density at radius 2 is 2.00 bits per heavy atom. The highest BCUT2D eigenvalue weighted by molar-refractivity contribution is 5.81. The standard InChI is InChI=1S/C7H12F3NO3/c1-4(13)2-5(3-12)11-6(14)7(8,9)10/h4-5,12-13H,2-3H2,1H3,(H,11,14). The maximum absolute atomic E-state index is 11.7. The van der Waals surface area contributed by atoms with Gasteiger partial charge >= 0.3 is 12.1 Å². The van der Waals surface area contributed by atoms with Gasteiger partial charge in [0.2, 0.25) is 0 Å². The molecule has 0 saturated carbocycles. The Kier molecular flexibility index (Phi) is 4.86. The van der Waals surface area contributed by atoms with E-state index in [1.807, 2.05) is 0 Å². The summed E-state index contributed by atoms with van der Waals surface area (Å²) in [6, 6.07) is -1.08. The van der Waals surface area contributed by atoms with E-state index in [1.54, 1.807) is 5.32 Å². The van der Waals surface area contributed by atoms with Gasteiger partial charge in [0.15, 0.2) is 0 Å². The first-order valence-corrected chi connectivity index (χ1v) is 3.94. The van der Waals surface area contributed by atoms with Gasteiger partial charge in [0.1, 0.15) is 0 Å². The smallest absolute Gasteiger partial charge is 0.394 e. The zero-order valence-electron chi connectivity index (χ0n) is 7.51. The van der Waals surface area contributed by atoms with Crippen molar-refractivity contribution in [2.45, 2.75) is 31.7 Å². The van der Waals surface area contributed by atoms with Crippen molar-refractivity contribution in [1.29, 1.82) is 0 Å². The van der Waals surface area contributed by atoms with Crippen molar-refractivity contribution in [2.24, 2.45) is 0 Å². The molecule has 0 heterocycles. The van der Waals surface area contributed by atoms with Gasteiger partial charge in [-0.25, -0.2) is 0 Å². The van der Waals surface area contributed by atoms with Crippen LogP contribution in [0, 0.1) is 0 Å². The number of nitrogens with one attached hydrogen (secondary N) is 1. The highest BCUT2D eigenvalue weighted by Crippen LogP contribution is 2.14. The minimum Gasteiger partial charge on any atom is -0.394 e. The zero-order valence-corrected chi connectivity index (χ0v) is 7.51. The lowest BCUT2D eigenvalue weighted by molar-refractivity contribution is -0.174. The summed E-state index contributed by atoms with van der Waals surface area (Å²) in [7, 11) is 0. The van der Waals surface area contributed by atoms with Crippen LogP contribution in [-0.4, -0.2) is 41.0 Å². The number of rotatable bonds is 4. The molecule has 0 aromatic rings. The van der Waals surface area contributed by atoms with Crippen LogP contribution in [0.1, 0.15) is 13.3 Å². The predicted octanol–water partition coefficient (Wildman–Crippen LogP) is -0.203. The molecule has 84 valence electrons. The van der Waals surface area contributed by atoms with Gasteiger partial charge in [-0.1, -0.05) is 0 Å². The van der Waals surface area contributed by atoms with Crippen LogP contribution < -0.4 is 5.32 Å². The van der Waals surface area contributed by atoms with Crippen LogP contribution in [0.5, 0.6) is 0 Å². The van der Waals surface area contributed by atoms with Gasteiger partial charge in [-0.05, 0) is 13.3 Å². The fourth-order valence-electron chi connectivity index (χ4n) is 0.858. The predicted molar refractivity (Wildman–Crippen MR) is 41.4 cm³/mol. The van der Waals surface area contributed by atoms with Gasteiger partial charge in [-0.2, -0.15) is 13.2 Å². The molecule has 0 aromatic carbocycles. The average Bonchev–Trinajstić information content (AvgIpc) is 2.00. The van der Waals surface area contributed by atoms with Gasteiger partial charge < -0.3 is 15.5 Å². The second kappa shape index (κ2) is 5.16. The van der Waals surface area contributed by atoms with E-state index in [1.165, 1.54) is 6.92 Å². The first kappa shape index (κ1) is 13.2. The van der Waals surface area contributed by atoms with E-state index in [9.17, 15) is 18.0 Å². The molecule has 0 radical (unpaired) electrons. The second-order valence-electron chi connectivity index (χ2n) is 2.94. The number of halogens is 3. The van der Waals surface area contributed by atoms with Crippen LogP contribution in [0.15, 0.2) is 0 Å². The molecule has 0 aliphatic rings. The Morgan fingerprint density at radius 3 is 2.29 bits per heavy atom. The molecule has 0 aliphatic heterocycles. The van der Waals surface area contributed by atoms with E-state index in [0.717, 1.165) is 0 Å². The first-order valence-electron chi connectivity index (χ1n) is 3.94. The minimum absolute atomic E-state index is 0.127. The normalized spacial score (nSPS) is 16.1. The van der Waals surface area contributed by atoms with E-state index in [-0.39, 0.29) is 6.42 Å². The molecule has 0 rings (SSSR count). The van der Waals surface area contributed by atoms with E-state index >= 15 is 0 Å². The summed E-state index contributed by atoms with van der Waals surface area (Å²) in [5, 5.41) is 19.0. The van der Waals surface area contributed by atoms with E-state index < -0.39 is 30.8 Å². The summed E-state index contributed by atoms with van der Waals surface area (Å²) in [4.78, 5) is 10.4. The summed E-state index contributed by atoms with van der Waals surface area (Å²) < 4.78 is 35.2. The third kappa shape index (κ3) is 5.03. The van der Waals surface area contributed by atoms with Crippen molar-refractivity contribution in [3.63, 3.8) is 0 Å². The highest BCUT2D eigenvalue weighted by Gasteiger charge is 2.39. The number of hydrogen-bond acceptors (Lipinski definition) is 3. The van der Waals surface area contributed by atoms with Gasteiger partial charge in [0.05, 0.1) is 18.8 Å². The topological polar surface area (TPSA) is 69.6 Å². The number of amides is 1. The van der Waals surface area contributed by atoms with Gasteiger partial charge in [0, 0.05) is 0 Å². The second-order valence-corrected chi connectivity index (χ2v) is 2.94. The van der Waals surface area contributed by atoms with E-state index in [0.29, 0.717) is 0 Å². The molecule has 1 amide bonds. The lowest BCUT2D eigenvalue weighted by Gasteiger charge is -2.18. The van der Waals surface area contributed by atoms with Crippen molar-refractivity contribution in [1.82, 2.24) is 5.32 Å². The summed E-state index contributed by atoms with van der Waals surface area (Å²) in [5.41, 5.74) is 0. The molecule has 7 heteroatoms. The monoisotopic (exact) mass is 215 g/mol.